The van der Waals surface area contributed by atoms with Crippen LogP contribution in [0.15, 0.2) is 24.5 Å². The zero-order valence-corrected chi connectivity index (χ0v) is 12.4. The van der Waals surface area contributed by atoms with Gasteiger partial charge in [0, 0.05) is 25.4 Å². The maximum atomic E-state index is 12.4. The van der Waals surface area contributed by atoms with Crippen molar-refractivity contribution in [2.24, 2.45) is 0 Å². The molecule has 0 saturated carbocycles. The normalized spacial score (nSPS) is 17.6. The van der Waals surface area contributed by atoms with Crippen molar-refractivity contribution in [3.05, 3.63) is 41.7 Å². The molecular weight excluding hydrogens is 266 g/mol. The fourth-order valence-electron chi connectivity index (χ4n) is 2.88. The van der Waals surface area contributed by atoms with Gasteiger partial charge in [0.2, 0.25) is 5.91 Å². The van der Waals surface area contributed by atoms with Crippen molar-refractivity contribution in [1.29, 1.82) is 0 Å². The van der Waals surface area contributed by atoms with Gasteiger partial charge in [-0.3, -0.25) is 9.78 Å². The first-order chi connectivity index (χ1) is 10.1. The number of nitrogens with zero attached hydrogens (tertiary/aromatic N) is 5. The van der Waals surface area contributed by atoms with Crippen LogP contribution >= 0.6 is 0 Å². The number of hydrogen-bond donors (Lipinski definition) is 0. The molecule has 0 bridgehead atoms. The number of fused-ring (bicyclic) bond motifs is 1. The Morgan fingerprint density at radius 3 is 3.05 bits per heavy atom. The molecule has 2 aromatic heterocycles. The third kappa shape index (κ3) is 2.79. The van der Waals surface area contributed by atoms with Gasteiger partial charge >= 0.3 is 0 Å². The largest absolute Gasteiger partial charge is 0.333 e. The summed E-state index contributed by atoms with van der Waals surface area (Å²) in [5.74, 6) is 1.96. The molecule has 0 saturated heterocycles. The molecule has 21 heavy (non-hydrogen) atoms. The second kappa shape index (κ2) is 5.63. The molecule has 1 aliphatic rings. The second-order valence-electron chi connectivity index (χ2n) is 5.52. The lowest BCUT2D eigenvalue weighted by molar-refractivity contribution is -0.133. The van der Waals surface area contributed by atoms with Gasteiger partial charge in [-0.15, -0.1) is 10.2 Å². The monoisotopic (exact) mass is 285 g/mol. The van der Waals surface area contributed by atoms with Crippen LogP contribution in [0.2, 0.25) is 0 Å². The number of carbonyl (C=O) groups is 1. The molecule has 110 valence electrons. The quantitative estimate of drug-likeness (QED) is 0.857. The van der Waals surface area contributed by atoms with Crippen molar-refractivity contribution in [2.45, 2.75) is 39.3 Å². The van der Waals surface area contributed by atoms with E-state index in [9.17, 15) is 4.79 Å². The molecule has 0 spiro atoms. The van der Waals surface area contributed by atoms with E-state index in [1.54, 1.807) is 6.20 Å². The number of aryl methyl sites for hydroxylation is 2. The number of amides is 1. The van der Waals surface area contributed by atoms with Crippen LogP contribution in [-0.2, 0) is 17.8 Å². The minimum absolute atomic E-state index is 0.164. The SMILES string of the molecule is Cc1nnc2n1[C@@H](C)CN(C(=O)CCc1cccnc1)C2. The van der Waals surface area contributed by atoms with E-state index in [0.29, 0.717) is 13.0 Å². The van der Waals surface area contributed by atoms with Crippen molar-refractivity contribution in [2.75, 3.05) is 6.54 Å². The fraction of sp³-hybridized carbons (Fsp3) is 0.467. The molecule has 0 unspecified atom stereocenters. The molecule has 6 heteroatoms. The first-order valence-electron chi connectivity index (χ1n) is 7.22. The van der Waals surface area contributed by atoms with E-state index >= 15 is 0 Å². The highest BCUT2D eigenvalue weighted by Gasteiger charge is 2.27. The Hall–Kier alpha value is -2.24. The maximum absolute atomic E-state index is 12.4. The lowest BCUT2D eigenvalue weighted by Gasteiger charge is -2.32. The van der Waals surface area contributed by atoms with Gasteiger partial charge in [-0.25, -0.2) is 0 Å². The zero-order chi connectivity index (χ0) is 14.8. The van der Waals surface area contributed by atoms with Gasteiger partial charge < -0.3 is 9.47 Å². The zero-order valence-electron chi connectivity index (χ0n) is 12.4. The molecule has 3 heterocycles. The highest BCUT2D eigenvalue weighted by Crippen LogP contribution is 2.21. The fourth-order valence-corrected chi connectivity index (χ4v) is 2.88. The van der Waals surface area contributed by atoms with E-state index in [2.05, 4.69) is 26.7 Å². The number of rotatable bonds is 3. The van der Waals surface area contributed by atoms with E-state index in [4.69, 9.17) is 0 Å². The minimum atomic E-state index is 0.164. The molecule has 2 aromatic rings. The molecular formula is C15H19N5O. The standard InChI is InChI=1S/C15H19N5O/c1-11-9-19(10-14-18-17-12(2)20(11)14)15(21)6-5-13-4-3-7-16-8-13/h3-4,7-8,11H,5-6,9-10H2,1-2H3/t11-/m0/s1. The molecule has 0 radical (unpaired) electrons. The molecule has 0 aliphatic carbocycles. The number of hydrogen-bond acceptors (Lipinski definition) is 4. The van der Waals surface area contributed by atoms with Gasteiger partial charge in [0.15, 0.2) is 5.82 Å². The highest BCUT2D eigenvalue weighted by molar-refractivity contribution is 5.76. The van der Waals surface area contributed by atoms with Crippen molar-refractivity contribution < 1.29 is 4.79 Å². The van der Waals surface area contributed by atoms with E-state index < -0.39 is 0 Å². The smallest absolute Gasteiger partial charge is 0.223 e. The van der Waals surface area contributed by atoms with Gasteiger partial charge in [-0.05, 0) is 31.9 Å². The summed E-state index contributed by atoms with van der Waals surface area (Å²) in [5, 5.41) is 8.27. The summed E-state index contributed by atoms with van der Waals surface area (Å²) in [5.41, 5.74) is 1.09. The number of carbonyl (C=O) groups excluding carboxylic acids is 1. The summed E-state index contributed by atoms with van der Waals surface area (Å²) >= 11 is 0. The van der Waals surface area contributed by atoms with E-state index in [1.807, 2.05) is 30.2 Å². The van der Waals surface area contributed by atoms with Crippen LogP contribution in [0, 0.1) is 6.92 Å². The van der Waals surface area contributed by atoms with E-state index in [1.165, 1.54) is 0 Å². The third-order valence-corrected chi connectivity index (χ3v) is 3.90. The van der Waals surface area contributed by atoms with E-state index in [-0.39, 0.29) is 11.9 Å². The van der Waals surface area contributed by atoms with Crippen LogP contribution in [0.1, 0.15) is 36.6 Å². The van der Waals surface area contributed by atoms with Crippen LogP contribution in [0.5, 0.6) is 0 Å². The molecule has 1 aliphatic heterocycles. The Labute approximate surface area is 123 Å². The number of pyridine rings is 1. The van der Waals surface area contributed by atoms with Gasteiger partial charge in [0.05, 0.1) is 12.6 Å². The van der Waals surface area contributed by atoms with Crippen LogP contribution in [-0.4, -0.2) is 37.1 Å². The molecule has 1 atom stereocenters. The summed E-state index contributed by atoms with van der Waals surface area (Å²) in [6, 6.07) is 4.12. The topological polar surface area (TPSA) is 63.9 Å². The molecule has 0 N–H and O–H groups in total. The van der Waals surface area contributed by atoms with Gasteiger partial charge in [-0.2, -0.15) is 0 Å². The van der Waals surface area contributed by atoms with Crippen LogP contribution in [0.3, 0.4) is 0 Å². The lowest BCUT2D eigenvalue weighted by Crippen LogP contribution is -2.40. The molecule has 3 rings (SSSR count). The summed E-state index contributed by atoms with van der Waals surface area (Å²) in [4.78, 5) is 18.3. The average molecular weight is 285 g/mol. The molecule has 6 nitrogen and oxygen atoms in total. The lowest BCUT2D eigenvalue weighted by atomic mass is 10.1. The second-order valence-corrected chi connectivity index (χ2v) is 5.52. The first kappa shape index (κ1) is 13.7. The summed E-state index contributed by atoms with van der Waals surface area (Å²) in [6.07, 6.45) is 4.79. The van der Waals surface area contributed by atoms with Crippen LogP contribution < -0.4 is 0 Å². The predicted octanol–water partition coefficient (Wildman–Crippen LogP) is 1.52. The van der Waals surface area contributed by atoms with Crippen LogP contribution in [0.4, 0.5) is 0 Å². The molecule has 0 fully saturated rings. The Morgan fingerprint density at radius 1 is 1.43 bits per heavy atom. The Balaban J connectivity index is 1.64. The minimum Gasteiger partial charge on any atom is -0.333 e. The first-order valence-corrected chi connectivity index (χ1v) is 7.22. The Morgan fingerprint density at radius 2 is 2.29 bits per heavy atom. The van der Waals surface area contributed by atoms with Gasteiger partial charge in [0.25, 0.3) is 0 Å². The summed E-state index contributed by atoms with van der Waals surface area (Å²) in [7, 11) is 0. The van der Waals surface area contributed by atoms with Gasteiger partial charge in [-0.1, -0.05) is 6.07 Å². The van der Waals surface area contributed by atoms with E-state index in [0.717, 1.165) is 30.2 Å². The van der Waals surface area contributed by atoms with Crippen molar-refractivity contribution in [3.8, 4) is 0 Å². The molecule has 1 amide bonds. The predicted molar refractivity (Wildman–Crippen MR) is 77.4 cm³/mol. The Bertz CT molecular complexity index is 637. The van der Waals surface area contributed by atoms with Crippen molar-refractivity contribution >= 4 is 5.91 Å². The van der Waals surface area contributed by atoms with Crippen molar-refractivity contribution in [1.82, 2.24) is 24.6 Å². The van der Waals surface area contributed by atoms with Crippen LogP contribution in [0.25, 0.3) is 0 Å². The third-order valence-electron chi connectivity index (χ3n) is 3.90. The summed E-state index contributed by atoms with van der Waals surface area (Å²) in [6.45, 7) is 5.32. The highest BCUT2D eigenvalue weighted by atomic mass is 16.2. The Kier molecular flexibility index (Phi) is 3.68. The average Bonchev–Trinajstić information content (AvgIpc) is 2.87. The van der Waals surface area contributed by atoms with Gasteiger partial charge in [0.1, 0.15) is 5.82 Å². The number of aromatic nitrogens is 4. The summed E-state index contributed by atoms with van der Waals surface area (Å²) < 4.78 is 2.12. The maximum Gasteiger partial charge on any atom is 0.223 e. The van der Waals surface area contributed by atoms with Crippen molar-refractivity contribution in [3.63, 3.8) is 0 Å². The molecule has 0 aromatic carbocycles.